The van der Waals surface area contributed by atoms with E-state index in [0.29, 0.717) is 5.92 Å². The van der Waals surface area contributed by atoms with Gasteiger partial charge in [0.05, 0.1) is 5.69 Å². The summed E-state index contributed by atoms with van der Waals surface area (Å²) < 4.78 is 0. The normalized spacial score (nSPS) is 20.8. The Morgan fingerprint density at radius 1 is 0.645 bits per heavy atom. The molecular weight excluding hydrogens is 914 g/mol. The summed E-state index contributed by atoms with van der Waals surface area (Å²) in [5.41, 5.74) is 30.8. The first kappa shape index (κ1) is 50.3. The number of hydrogen-bond acceptors (Lipinski definition) is 2. The summed E-state index contributed by atoms with van der Waals surface area (Å²) in [6.45, 7) is 31.6. The molecule has 0 fully saturated rings. The highest BCUT2D eigenvalue weighted by atomic mass is 15.2. The van der Waals surface area contributed by atoms with Crippen molar-refractivity contribution in [2.75, 3.05) is 10.2 Å². The number of anilines is 4. The highest BCUT2D eigenvalue weighted by molar-refractivity contribution is 6.67. The van der Waals surface area contributed by atoms with E-state index in [1.54, 1.807) is 5.57 Å². The Balaban J connectivity index is 1.18. The average molecular weight is 993 g/mol. The van der Waals surface area contributed by atoms with Gasteiger partial charge >= 0.3 is 0 Å². The van der Waals surface area contributed by atoms with Crippen LogP contribution in [-0.2, 0) is 27.1 Å². The molecule has 5 aliphatic carbocycles. The minimum atomic E-state index is -0.191. The minimum Gasteiger partial charge on any atom is -0.355 e. The smallest absolute Gasteiger partial charge is 0.193 e. The van der Waals surface area contributed by atoms with Crippen LogP contribution in [0.4, 0.5) is 22.7 Å². The van der Waals surface area contributed by atoms with E-state index in [0.717, 1.165) is 44.3 Å². The van der Waals surface area contributed by atoms with Crippen LogP contribution in [0.2, 0.25) is 0 Å². The van der Waals surface area contributed by atoms with Gasteiger partial charge in [-0.15, -0.1) is 0 Å². The zero-order chi connectivity index (χ0) is 53.3. The standard InChI is InChI=1S/C72H78B2N2/c1-13-45-39-57-59(71(9,10)37-36-69(57,5)6)42-53(45)67-44(2)74-66-63(76(67)62-33-29-49(73)40-52(62)47-24-18-15-19-25-47)43-60-64(51-26-20-21-27-55(51)72(60,11)12)65(66)54-38-48(46-22-16-14-17-23-46)28-32-61(54)75-50-30-31-56-58(41-50)70(7,8)35-34-68(56,3)4/h13-20,22,24-26,28-33,38-43,46,74-75H,1,21,23,27,34-37,73H2,2-12H3. The van der Waals surface area contributed by atoms with Gasteiger partial charge in [-0.2, -0.15) is 0 Å². The summed E-state index contributed by atoms with van der Waals surface area (Å²) in [6, 6.07) is 40.7. The first-order valence-corrected chi connectivity index (χ1v) is 28.7. The monoisotopic (exact) mass is 993 g/mol. The van der Waals surface area contributed by atoms with E-state index in [9.17, 15) is 0 Å². The fourth-order valence-electron chi connectivity index (χ4n) is 14.6. The first-order valence-electron chi connectivity index (χ1n) is 28.7. The highest BCUT2D eigenvalue weighted by Gasteiger charge is 2.45. The molecule has 6 aliphatic rings. The van der Waals surface area contributed by atoms with Crippen LogP contribution in [0.3, 0.4) is 0 Å². The van der Waals surface area contributed by atoms with Crippen molar-refractivity contribution in [2.45, 2.75) is 154 Å². The first-order chi connectivity index (χ1) is 36.2. The molecule has 6 aromatic rings. The molecule has 76 heavy (non-hydrogen) atoms. The van der Waals surface area contributed by atoms with Crippen LogP contribution in [-0.4, -0.2) is 15.1 Å². The summed E-state index contributed by atoms with van der Waals surface area (Å²) in [6.07, 6.45) is 24.0. The molecule has 0 amide bonds. The molecule has 0 spiro atoms. The number of nitrogens with one attached hydrogen (secondary N) is 1. The SMILES string of the molecule is Bc1ccc(N2C(c3cc4c(cc3C=C)C(C)(C)CCC4(C)C)=C(C)Bc3c2cc2c(c3-c3cc(C4C=CC=CC4)ccc3Nc3ccc4c(c3)C(C)(C)CCC4(C)C)C3=C(CCC=C3)C2(C)C)c(-c2ccccc2)c1. The second-order valence-electron chi connectivity index (χ2n) is 26.7. The van der Waals surface area contributed by atoms with E-state index in [2.05, 4.69) is 246 Å². The maximum Gasteiger partial charge on any atom is 0.193 e. The van der Waals surface area contributed by atoms with Crippen LogP contribution in [0.15, 0.2) is 157 Å². The van der Waals surface area contributed by atoms with E-state index < -0.39 is 0 Å². The predicted octanol–water partition coefficient (Wildman–Crippen LogP) is 17.0. The molecule has 1 atom stereocenters. The fourth-order valence-corrected chi connectivity index (χ4v) is 14.6. The van der Waals surface area contributed by atoms with Gasteiger partial charge < -0.3 is 10.2 Å². The Bertz CT molecular complexity index is 3580. The molecule has 1 N–H and O–H groups in total. The molecule has 6 aromatic carbocycles. The lowest BCUT2D eigenvalue weighted by atomic mass is 9.56. The Labute approximate surface area is 457 Å². The highest BCUT2D eigenvalue weighted by Crippen LogP contribution is 2.58. The van der Waals surface area contributed by atoms with E-state index in [4.69, 9.17) is 0 Å². The van der Waals surface area contributed by atoms with Gasteiger partial charge in [-0.3, -0.25) is 0 Å². The van der Waals surface area contributed by atoms with Gasteiger partial charge in [-0.1, -0.05) is 196 Å². The van der Waals surface area contributed by atoms with Crippen LogP contribution >= 0.6 is 0 Å². The quantitative estimate of drug-likeness (QED) is 0.153. The summed E-state index contributed by atoms with van der Waals surface area (Å²) in [7, 11) is 3.05. The summed E-state index contributed by atoms with van der Waals surface area (Å²) in [4.78, 5) is 2.72. The topological polar surface area (TPSA) is 15.3 Å². The van der Waals surface area contributed by atoms with Crippen LogP contribution in [0.5, 0.6) is 0 Å². The van der Waals surface area contributed by atoms with Crippen molar-refractivity contribution in [3.05, 3.63) is 207 Å². The van der Waals surface area contributed by atoms with E-state index in [-0.39, 0.29) is 27.1 Å². The molecule has 0 saturated carbocycles. The molecular formula is C72H78B2N2. The third-order valence-corrected chi connectivity index (χ3v) is 19.4. The molecule has 12 rings (SSSR count). The van der Waals surface area contributed by atoms with E-state index >= 15 is 0 Å². The molecule has 1 unspecified atom stereocenters. The molecule has 2 nitrogen and oxygen atoms in total. The molecule has 1 aliphatic heterocycles. The van der Waals surface area contributed by atoms with Crippen molar-refractivity contribution >= 4 is 66.1 Å². The lowest BCUT2D eigenvalue weighted by Gasteiger charge is -2.44. The van der Waals surface area contributed by atoms with Gasteiger partial charge in [-0.25, -0.2) is 0 Å². The number of allylic oxidation sites excluding steroid dienone is 9. The molecule has 4 heteroatoms. The number of fused-ring (bicyclic) bond motifs is 5. The number of hydrogen-bond donors (Lipinski definition) is 1. The zero-order valence-electron chi connectivity index (χ0n) is 47.7. The van der Waals surface area contributed by atoms with Crippen molar-refractivity contribution in [1.82, 2.24) is 0 Å². The third kappa shape index (κ3) is 8.14. The third-order valence-electron chi connectivity index (χ3n) is 19.4. The van der Waals surface area contributed by atoms with Gasteiger partial charge in [0.15, 0.2) is 7.28 Å². The van der Waals surface area contributed by atoms with Crippen LogP contribution < -0.4 is 21.1 Å². The van der Waals surface area contributed by atoms with Crippen molar-refractivity contribution in [3.8, 4) is 22.3 Å². The molecule has 0 saturated heterocycles. The van der Waals surface area contributed by atoms with Crippen molar-refractivity contribution < 1.29 is 0 Å². The van der Waals surface area contributed by atoms with Gasteiger partial charge in [0.2, 0.25) is 0 Å². The predicted molar refractivity (Wildman–Crippen MR) is 334 cm³/mol. The molecule has 1 heterocycles. The molecule has 0 bridgehead atoms. The average Bonchev–Trinajstić information content (AvgIpc) is 3.66. The largest absolute Gasteiger partial charge is 0.355 e. The van der Waals surface area contributed by atoms with E-state index in [1.807, 2.05) is 0 Å². The van der Waals surface area contributed by atoms with Gasteiger partial charge in [0.1, 0.15) is 7.85 Å². The van der Waals surface area contributed by atoms with Crippen LogP contribution in [0.1, 0.15) is 177 Å². The zero-order valence-corrected chi connectivity index (χ0v) is 47.7. The molecule has 382 valence electrons. The Hall–Kier alpha value is -6.51. The number of nitrogens with zero attached hydrogens (tertiary/aromatic N) is 1. The van der Waals surface area contributed by atoms with Crippen LogP contribution in [0.25, 0.3) is 39.6 Å². The van der Waals surface area contributed by atoms with Crippen LogP contribution in [0, 0.1) is 0 Å². The van der Waals surface area contributed by atoms with Gasteiger partial charge in [0.25, 0.3) is 0 Å². The summed E-state index contributed by atoms with van der Waals surface area (Å²) in [5, 5.41) is 4.19. The van der Waals surface area contributed by atoms with E-state index in [1.165, 1.54) is 131 Å². The van der Waals surface area contributed by atoms with Gasteiger partial charge in [0, 0.05) is 50.8 Å². The Kier molecular flexibility index (Phi) is 11.9. The Morgan fingerprint density at radius 2 is 1.34 bits per heavy atom. The maximum atomic E-state index is 4.59. The van der Waals surface area contributed by atoms with Gasteiger partial charge in [-0.05, 0) is 183 Å². The second-order valence-corrected chi connectivity index (χ2v) is 26.7. The lowest BCUT2D eigenvalue weighted by Crippen LogP contribution is -2.37. The van der Waals surface area contributed by atoms with Crippen molar-refractivity contribution in [1.29, 1.82) is 0 Å². The number of rotatable bonds is 8. The fraction of sp³-hybridized carbons (Fsp3) is 0.333. The van der Waals surface area contributed by atoms with Crippen molar-refractivity contribution in [2.24, 2.45) is 0 Å². The number of benzene rings is 6. The second kappa shape index (κ2) is 18.0. The lowest BCUT2D eigenvalue weighted by molar-refractivity contribution is 0.332. The minimum absolute atomic E-state index is 0.0300. The summed E-state index contributed by atoms with van der Waals surface area (Å²) in [5.74, 6) is 0.291. The molecule has 0 radical (unpaired) electrons. The maximum absolute atomic E-state index is 4.59. The Morgan fingerprint density at radius 3 is 2.04 bits per heavy atom. The van der Waals surface area contributed by atoms with Crippen molar-refractivity contribution in [3.63, 3.8) is 0 Å². The summed E-state index contributed by atoms with van der Waals surface area (Å²) >= 11 is 0. The molecule has 0 aromatic heterocycles.